The lowest BCUT2D eigenvalue weighted by molar-refractivity contribution is 0.579. The number of hydrogen-bond donors (Lipinski definition) is 1. The Labute approximate surface area is 114 Å². The van der Waals surface area contributed by atoms with Crippen LogP contribution in [0.25, 0.3) is 11.4 Å². The van der Waals surface area contributed by atoms with E-state index in [2.05, 4.69) is 15.5 Å². The Morgan fingerprint density at radius 3 is 2.60 bits per heavy atom. The van der Waals surface area contributed by atoms with Crippen molar-refractivity contribution in [3.05, 3.63) is 59.9 Å². The molecule has 1 aromatic heterocycles. The summed E-state index contributed by atoms with van der Waals surface area (Å²) in [7, 11) is 0. The van der Waals surface area contributed by atoms with Gasteiger partial charge < -0.3 is 5.73 Å². The van der Waals surface area contributed by atoms with Gasteiger partial charge in [0.25, 0.3) is 0 Å². The van der Waals surface area contributed by atoms with Gasteiger partial charge in [-0.2, -0.15) is 0 Å². The maximum Gasteiger partial charge on any atom is 0.184 e. The van der Waals surface area contributed by atoms with Gasteiger partial charge in [0.1, 0.15) is 5.82 Å². The van der Waals surface area contributed by atoms with Crippen LogP contribution in [0.4, 0.5) is 10.1 Å². The molecular formula is C14H12FN5. The fourth-order valence-corrected chi connectivity index (χ4v) is 1.99. The van der Waals surface area contributed by atoms with Crippen LogP contribution in [0, 0.1) is 5.82 Å². The zero-order valence-corrected chi connectivity index (χ0v) is 10.6. The molecule has 0 saturated carbocycles. The Morgan fingerprint density at radius 1 is 1.05 bits per heavy atom. The van der Waals surface area contributed by atoms with Crippen LogP contribution in [0.1, 0.15) is 5.56 Å². The number of hydrogen-bond acceptors (Lipinski definition) is 4. The molecule has 100 valence electrons. The van der Waals surface area contributed by atoms with Crippen LogP contribution in [-0.4, -0.2) is 20.2 Å². The third-order valence-electron chi connectivity index (χ3n) is 3.01. The molecule has 0 radical (unpaired) electrons. The first-order valence-electron chi connectivity index (χ1n) is 6.10. The summed E-state index contributed by atoms with van der Waals surface area (Å²) in [4.78, 5) is 0. The second-order valence-corrected chi connectivity index (χ2v) is 4.34. The minimum Gasteiger partial charge on any atom is -0.398 e. The van der Waals surface area contributed by atoms with E-state index in [1.807, 2.05) is 18.2 Å². The average molecular weight is 269 g/mol. The quantitative estimate of drug-likeness (QED) is 0.739. The van der Waals surface area contributed by atoms with Crippen molar-refractivity contribution < 1.29 is 4.39 Å². The second-order valence-electron chi connectivity index (χ2n) is 4.34. The molecule has 3 aromatic rings. The van der Waals surface area contributed by atoms with E-state index in [9.17, 15) is 4.39 Å². The van der Waals surface area contributed by atoms with Crippen molar-refractivity contribution in [1.29, 1.82) is 0 Å². The summed E-state index contributed by atoms with van der Waals surface area (Å²) in [6.45, 7) is 0.253. The molecule has 0 amide bonds. The summed E-state index contributed by atoms with van der Waals surface area (Å²) in [6, 6.07) is 13.8. The molecule has 2 aromatic carbocycles. The first kappa shape index (κ1) is 12.3. The van der Waals surface area contributed by atoms with Crippen molar-refractivity contribution in [3.8, 4) is 11.4 Å². The standard InChI is InChI=1S/C14H12FN5/c15-12-7-3-1-5-10(12)9-20-14(17-18-19-20)11-6-2-4-8-13(11)16/h1-8H,9,16H2. The Hall–Kier alpha value is -2.76. The molecule has 20 heavy (non-hydrogen) atoms. The van der Waals surface area contributed by atoms with Crippen LogP contribution in [0.5, 0.6) is 0 Å². The molecule has 0 atom stereocenters. The number of anilines is 1. The van der Waals surface area contributed by atoms with Crippen molar-refractivity contribution >= 4 is 5.69 Å². The average Bonchev–Trinajstić information content (AvgIpc) is 2.90. The molecule has 0 aliphatic rings. The highest BCUT2D eigenvalue weighted by atomic mass is 19.1. The molecule has 0 bridgehead atoms. The first-order chi connectivity index (χ1) is 9.75. The van der Waals surface area contributed by atoms with E-state index in [1.165, 1.54) is 10.7 Å². The van der Waals surface area contributed by atoms with Crippen molar-refractivity contribution in [2.75, 3.05) is 5.73 Å². The van der Waals surface area contributed by atoms with Crippen molar-refractivity contribution in [3.63, 3.8) is 0 Å². The summed E-state index contributed by atoms with van der Waals surface area (Å²) < 4.78 is 15.2. The lowest BCUT2D eigenvalue weighted by atomic mass is 10.1. The van der Waals surface area contributed by atoms with Crippen LogP contribution in [0.3, 0.4) is 0 Å². The van der Waals surface area contributed by atoms with Crippen molar-refractivity contribution in [2.24, 2.45) is 0 Å². The van der Waals surface area contributed by atoms with E-state index in [0.717, 1.165) is 5.56 Å². The molecule has 6 heteroatoms. The number of rotatable bonds is 3. The van der Waals surface area contributed by atoms with E-state index in [-0.39, 0.29) is 12.4 Å². The first-order valence-corrected chi connectivity index (χ1v) is 6.10. The van der Waals surface area contributed by atoms with E-state index in [4.69, 9.17) is 5.73 Å². The Morgan fingerprint density at radius 2 is 1.80 bits per heavy atom. The number of aromatic nitrogens is 4. The molecule has 1 heterocycles. The molecule has 0 unspecified atom stereocenters. The Balaban J connectivity index is 2.00. The van der Waals surface area contributed by atoms with Crippen LogP contribution in [-0.2, 0) is 6.54 Å². The topological polar surface area (TPSA) is 69.6 Å². The molecule has 0 saturated heterocycles. The number of benzene rings is 2. The highest BCUT2D eigenvalue weighted by molar-refractivity contribution is 5.71. The van der Waals surface area contributed by atoms with Crippen molar-refractivity contribution in [1.82, 2.24) is 20.2 Å². The molecule has 0 spiro atoms. The fraction of sp³-hybridized carbons (Fsp3) is 0.0714. The monoisotopic (exact) mass is 269 g/mol. The fourth-order valence-electron chi connectivity index (χ4n) is 1.99. The number of nitrogen functional groups attached to an aromatic ring is 1. The minimum atomic E-state index is -0.282. The molecule has 0 fully saturated rings. The number of halogens is 1. The van der Waals surface area contributed by atoms with Gasteiger partial charge in [-0.05, 0) is 28.6 Å². The third-order valence-corrected chi connectivity index (χ3v) is 3.01. The van der Waals surface area contributed by atoms with Crippen LogP contribution >= 0.6 is 0 Å². The Kier molecular flexibility index (Phi) is 3.12. The van der Waals surface area contributed by atoms with E-state index in [0.29, 0.717) is 17.1 Å². The van der Waals surface area contributed by atoms with Gasteiger partial charge in [-0.1, -0.05) is 30.3 Å². The number of tetrazole rings is 1. The molecule has 5 nitrogen and oxygen atoms in total. The van der Waals surface area contributed by atoms with Gasteiger partial charge in [-0.15, -0.1) is 5.10 Å². The molecular weight excluding hydrogens is 257 g/mol. The van der Waals surface area contributed by atoms with Crippen LogP contribution in [0.2, 0.25) is 0 Å². The summed E-state index contributed by atoms with van der Waals surface area (Å²) >= 11 is 0. The smallest absolute Gasteiger partial charge is 0.184 e. The predicted octanol–water partition coefficient (Wildman–Crippen LogP) is 2.11. The summed E-state index contributed by atoms with van der Waals surface area (Å²) in [5.74, 6) is 0.237. The lowest BCUT2D eigenvalue weighted by Gasteiger charge is -2.07. The SMILES string of the molecule is Nc1ccccc1-c1nnnn1Cc1ccccc1F. The van der Waals surface area contributed by atoms with Gasteiger partial charge in [-0.3, -0.25) is 0 Å². The Bertz CT molecular complexity index is 738. The lowest BCUT2D eigenvalue weighted by Crippen LogP contribution is -2.06. The van der Waals surface area contributed by atoms with E-state index >= 15 is 0 Å². The van der Waals surface area contributed by atoms with Gasteiger partial charge in [0.2, 0.25) is 0 Å². The molecule has 0 aliphatic heterocycles. The largest absolute Gasteiger partial charge is 0.398 e. The molecule has 0 aliphatic carbocycles. The second kappa shape index (κ2) is 5.08. The highest BCUT2D eigenvalue weighted by Gasteiger charge is 2.13. The van der Waals surface area contributed by atoms with Crippen LogP contribution in [0.15, 0.2) is 48.5 Å². The third kappa shape index (κ3) is 2.23. The van der Waals surface area contributed by atoms with E-state index < -0.39 is 0 Å². The minimum absolute atomic E-state index is 0.253. The molecule has 3 rings (SSSR count). The number of para-hydroxylation sites is 1. The normalized spacial score (nSPS) is 10.7. The predicted molar refractivity (Wildman–Crippen MR) is 73.2 cm³/mol. The molecule has 2 N–H and O–H groups in total. The summed E-state index contributed by atoms with van der Waals surface area (Å²) in [5.41, 5.74) is 7.76. The zero-order chi connectivity index (χ0) is 13.9. The zero-order valence-electron chi connectivity index (χ0n) is 10.6. The van der Waals surface area contributed by atoms with E-state index in [1.54, 1.807) is 24.3 Å². The van der Waals surface area contributed by atoms with Gasteiger partial charge in [0.15, 0.2) is 5.82 Å². The number of nitrogens with two attached hydrogens (primary N) is 1. The van der Waals surface area contributed by atoms with Crippen LogP contribution < -0.4 is 5.73 Å². The maximum atomic E-state index is 13.7. The summed E-state index contributed by atoms with van der Waals surface area (Å²) in [6.07, 6.45) is 0. The maximum absolute atomic E-state index is 13.7. The van der Waals surface area contributed by atoms with Crippen molar-refractivity contribution in [2.45, 2.75) is 6.54 Å². The van der Waals surface area contributed by atoms with Gasteiger partial charge in [0.05, 0.1) is 6.54 Å². The number of nitrogens with zero attached hydrogens (tertiary/aromatic N) is 4. The van der Waals surface area contributed by atoms with Gasteiger partial charge in [0, 0.05) is 16.8 Å². The highest BCUT2D eigenvalue weighted by Crippen LogP contribution is 2.23. The van der Waals surface area contributed by atoms with Gasteiger partial charge in [-0.25, -0.2) is 9.07 Å². The van der Waals surface area contributed by atoms with Gasteiger partial charge >= 0.3 is 0 Å². The summed E-state index contributed by atoms with van der Waals surface area (Å²) in [5, 5.41) is 11.5.